The lowest BCUT2D eigenvalue weighted by molar-refractivity contribution is 0.0526. The molecule has 0 saturated heterocycles. The maximum absolute atomic E-state index is 11.6. The molecule has 0 aromatic heterocycles. The van der Waals surface area contributed by atoms with Crippen LogP contribution in [-0.2, 0) is 4.74 Å². The van der Waals surface area contributed by atoms with Crippen LogP contribution in [0.5, 0.6) is 0 Å². The van der Waals surface area contributed by atoms with Gasteiger partial charge in [0.05, 0.1) is 12.2 Å². The average Bonchev–Trinajstić information content (AvgIpc) is 2.70. The van der Waals surface area contributed by atoms with Crippen LogP contribution in [0.3, 0.4) is 0 Å². The number of fused-ring (bicyclic) bond motifs is 2. The van der Waals surface area contributed by atoms with Crippen molar-refractivity contribution in [2.24, 2.45) is 11.8 Å². The van der Waals surface area contributed by atoms with E-state index in [0.717, 1.165) is 12.0 Å². The van der Waals surface area contributed by atoms with Gasteiger partial charge in [-0.2, -0.15) is 0 Å². The second-order valence-corrected chi connectivity index (χ2v) is 5.64. The van der Waals surface area contributed by atoms with E-state index in [1.54, 1.807) is 0 Å². The van der Waals surface area contributed by atoms with Gasteiger partial charge in [0, 0.05) is 0 Å². The number of allylic oxidation sites excluding steroid dienone is 5. The number of carbonyl (C=O) groups excluding carboxylic acids is 1. The number of rotatable bonds is 3. The molecule has 3 rings (SSSR count). The topological polar surface area (TPSA) is 26.3 Å². The molecule has 108 valence electrons. The second kappa shape index (κ2) is 6.13. The first kappa shape index (κ1) is 13.9. The van der Waals surface area contributed by atoms with E-state index in [-0.39, 0.29) is 5.97 Å². The van der Waals surface area contributed by atoms with Crippen LogP contribution in [0.2, 0.25) is 0 Å². The van der Waals surface area contributed by atoms with Crippen molar-refractivity contribution in [3.05, 3.63) is 65.3 Å². The van der Waals surface area contributed by atoms with Crippen LogP contribution in [0.1, 0.15) is 35.7 Å². The van der Waals surface area contributed by atoms with Crippen molar-refractivity contribution in [3.63, 3.8) is 0 Å². The molecule has 1 aromatic carbocycles. The van der Waals surface area contributed by atoms with Crippen LogP contribution in [0.4, 0.5) is 0 Å². The van der Waals surface area contributed by atoms with E-state index < -0.39 is 0 Å². The van der Waals surface area contributed by atoms with Crippen LogP contribution in [0, 0.1) is 11.8 Å². The number of hydrogen-bond acceptors (Lipinski definition) is 2. The molecular weight excluding hydrogens is 260 g/mol. The van der Waals surface area contributed by atoms with E-state index >= 15 is 0 Å². The largest absolute Gasteiger partial charge is 0.462 e. The summed E-state index contributed by atoms with van der Waals surface area (Å²) in [5, 5.41) is 0. The predicted molar refractivity (Wildman–Crippen MR) is 84.9 cm³/mol. The Morgan fingerprint density at radius 1 is 1.24 bits per heavy atom. The van der Waals surface area contributed by atoms with Gasteiger partial charge >= 0.3 is 5.97 Å². The summed E-state index contributed by atoms with van der Waals surface area (Å²) < 4.78 is 5.00. The van der Waals surface area contributed by atoms with Gasteiger partial charge in [-0.25, -0.2) is 4.79 Å². The fraction of sp³-hybridized carbons (Fsp3) is 0.316. The Morgan fingerprint density at radius 2 is 2.00 bits per heavy atom. The summed E-state index contributed by atoms with van der Waals surface area (Å²) in [5.74, 6) is 0.989. The third-order valence-corrected chi connectivity index (χ3v) is 4.14. The van der Waals surface area contributed by atoms with Gasteiger partial charge in [-0.15, -0.1) is 0 Å². The third-order valence-electron chi connectivity index (χ3n) is 4.14. The Balaban J connectivity index is 1.76. The lowest BCUT2D eigenvalue weighted by Crippen LogP contribution is -2.04. The quantitative estimate of drug-likeness (QED) is 0.767. The van der Waals surface area contributed by atoms with Crippen LogP contribution in [-0.4, -0.2) is 12.6 Å². The molecule has 21 heavy (non-hydrogen) atoms. The Hall–Kier alpha value is -2.09. The molecule has 1 saturated carbocycles. The maximum Gasteiger partial charge on any atom is 0.338 e. The Labute approximate surface area is 125 Å². The molecule has 0 unspecified atom stereocenters. The Morgan fingerprint density at radius 3 is 2.76 bits per heavy atom. The summed E-state index contributed by atoms with van der Waals surface area (Å²) >= 11 is 0. The van der Waals surface area contributed by atoms with Crippen molar-refractivity contribution in [2.75, 3.05) is 6.61 Å². The highest BCUT2D eigenvalue weighted by Gasteiger charge is 2.26. The van der Waals surface area contributed by atoms with Crippen molar-refractivity contribution >= 4 is 12.0 Å². The first-order valence-electron chi connectivity index (χ1n) is 7.59. The molecule has 1 aromatic rings. The van der Waals surface area contributed by atoms with Gasteiger partial charge in [0.2, 0.25) is 0 Å². The highest BCUT2D eigenvalue weighted by atomic mass is 16.5. The zero-order valence-corrected chi connectivity index (χ0v) is 12.3. The highest BCUT2D eigenvalue weighted by Crippen LogP contribution is 2.40. The van der Waals surface area contributed by atoms with Crippen LogP contribution >= 0.6 is 0 Å². The molecule has 2 bridgehead atoms. The van der Waals surface area contributed by atoms with Gasteiger partial charge in [-0.05, 0) is 49.3 Å². The van der Waals surface area contributed by atoms with Crippen LogP contribution < -0.4 is 0 Å². The molecule has 0 aliphatic heterocycles. The summed E-state index contributed by atoms with van der Waals surface area (Å²) in [5.41, 5.74) is 3.26. The van der Waals surface area contributed by atoms with Gasteiger partial charge in [0.15, 0.2) is 0 Å². The van der Waals surface area contributed by atoms with Gasteiger partial charge in [0.25, 0.3) is 0 Å². The van der Waals surface area contributed by atoms with Gasteiger partial charge < -0.3 is 4.74 Å². The molecule has 2 atom stereocenters. The average molecular weight is 280 g/mol. The number of esters is 1. The zero-order valence-electron chi connectivity index (χ0n) is 12.3. The lowest BCUT2D eigenvalue weighted by atomic mass is 9.99. The molecule has 2 heteroatoms. The molecule has 2 aliphatic carbocycles. The summed E-state index contributed by atoms with van der Waals surface area (Å²) in [6, 6.07) is 7.67. The summed E-state index contributed by atoms with van der Waals surface area (Å²) in [6.45, 7) is 2.23. The number of benzene rings is 1. The molecule has 0 heterocycles. The SMILES string of the molecule is CCOC(=O)c1ccc(/C=C2/C[C@H]3C=CC=C[C@@H]2C3)cc1. The van der Waals surface area contributed by atoms with E-state index in [1.807, 2.05) is 31.2 Å². The summed E-state index contributed by atoms with van der Waals surface area (Å²) in [7, 11) is 0. The van der Waals surface area contributed by atoms with Crippen molar-refractivity contribution in [1.82, 2.24) is 0 Å². The maximum atomic E-state index is 11.6. The normalized spacial score (nSPS) is 25.1. The zero-order chi connectivity index (χ0) is 14.7. The van der Waals surface area contributed by atoms with Gasteiger partial charge in [-0.1, -0.05) is 48.1 Å². The third kappa shape index (κ3) is 3.15. The fourth-order valence-corrected chi connectivity index (χ4v) is 3.09. The molecule has 0 spiro atoms. The first-order valence-corrected chi connectivity index (χ1v) is 7.59. The highest BCUT2D eigenvalue weighted by molar-refractivity contribution is 5.89. The number of ether oxygens (including phenoxy) is 1. The molecule has 2 aliphatic rings. The summed E-state index contributed by atoms with van der Waals surface area (Å²) in [4.78, 5) is 11.6. The number of carbonyl (C=O) groups is 1. The lowest BCUT2D eigenvalue weighted by Gasteiger charge is -2.07. The molecular formula is C19H20O2. The van der Waals surface area contributed by atoms with E-state index in [2.05, 4.69) is 30.4 Å². The smallest absolute Gasteiger partial charge is 0.338 e. The monoisotopic (exact) mass is 280 g/mol. The minimum Gasteiger partial charge on any atom is -0.462 e. The first-order chi connectivity index (χ1) is 10.3. The van der Waals surface area contributed by atoms with E-state index in [1.165, 1.54) is 12.0 Å². The van der Waals surface area contributed by atoms with Crippen molar-refractivity contribution in [3.8, 4) is 0 Å². The van der Waals surface area contributed by atoms with Gasteiger partial charge in [-0.3, -0.25) is 0 Å². The Bertz CT molecular complexity index is 605. The standard InChI is InChI=1S/C19H20O2/c1-2-21-19(20)16-9-7-14(8-10-16)11-18-13-15-5-3-4-6-17(18)12-15/h3-11,15,17H,2,12-13H2,1H3/b18-11-/t15-,17+/m0/s1. The minimum atomic E-state index is -0.252. The van der Waals surface area contributed by atoms with E-state index in [4.69, 9.17) is 4.74 Å². The van der Waals surface area contributed by atoms with Crippen LogP contribution in [0.15, 0.2) is 54.1 Å². The molecule has 0 N–H and O–H groups in total. The second-order valence-electron chi connectivity index (χ2n) is 5.64. The van der Waals surface area contributed by atoms with Crippen LogP contribution in [0.25, 0.3) is 6.08 Å². The Kier molecular flexibility index (Phi) is 4.05. The predicted octanol–water partition coefficient (Wildman–Crippen LogP) is 4.40. The van der Waals surface area contributed by atoms with Crippen molar-refractivity contribution < 1.29 is 9.53 Å². The number of hydrogen-bond donors (Lipinski definition) is 0. The summed E-state index contributed by atoms with van der Waals surface area (Å²) in [6.07, 6.45) is 13.6. The van der Waals surface area contributed by atoms with Crippen molar-refractivity contribution in [2.45, 2.75) is 19.8 Å². The molecule has 1 fully saturated rings. The molecule has 2 nitrogen and oxygen atoms in total. The van der Waals surface area contributed by atoms with E-state index in [9.17, 15) is 4.79 Å². The van der Waals surface area contributed by atoms with Crippen molar-refractivity contribution in [1.29, 1.82) is 0 Å². The van der Waals surface area contributed by atoms with E-state index in [0.29, 0.717) is 24.0 Å². The minimum absolute atomic E-state index is 0.252. The van der Waals surface area contributed by atoms with Gasteiger partial charge in [0.1, 0.15) is 0 Å². The fourth-order valence-electron chi connectivity index (χ4n) is 3.09. The molecule has 0 amide bonds. The molecule has 0 radical (unpaired) electrons.